The van der Waals surface area contributed by atoms with Crippen molar-refractivity contribution < 1.29 is 18.3 Å². The quantitative estimate of drug-likeness (QED) is 0.680. The first-order valence-electron chi connectivity index (χ1n) is 9.71. The summed E-state index contributed by atoms with van der Waals surface area (Å²) in [5, 5.41) is 4.14. The van der Waals surface area contributed by atoms with Gasteiger partial charge in [-0.15, -0.1) is 0 Å². The number of aromatic nitrogens is 1. The summed E-state index contributed by atoms with van der Waals surface area (Å²) in [4.78, 5) is 12.6. The van der Waals surface area contributed by atoms with Crippen LogP contribution in [-0.2, 0) is 20.5 Å². The number of nitrogens with one attached hydrogen (secondary N) is 1. The summed E-state index contributed by atoms with van der Waals surface area (Å²) < 4.78 is 26.5. The van der Waals surface area contributed by atoms with Crippen molar-refractivity contribution in [3.05, 3.63) is 41.3 Å². The smallest absolute Gasteiger partial charge is 0.308 e. The van der Waals surface area contributed by atoms with Gasteiger partial charge in [0.2, 0.25) is 0 Å². The molecule has 0 aliphatic rings. The molecule has 160 valence electrons. The van der Waals surface area contributed by atoms with Gasteiger partial charge in [-0.3, -0.25) is 4.79 Å². The summed E-state index contributed by atoms with van der Waals surface area (Å²) in [6, 6.07) is 7.27. The van der Waals surface area contributed by atoms with Gasteiger partial charge in [0.05, 0.1) is 33.9 Å². The highest BCUT2D eigenvalue weighted by molar-refractivity contribution is 7.84. The molecule has 0 radical (unpaired) electrons. The van der Waals surface area contributed by atoms with Gasteiger partial charge >= 0.3 is 5.97 Å². The topological polar surface area (TPSA) is 81.4 Å². The van der Waals surface area contributed by atoms with Crippen LogP contribution in [-0.4, -0.2) is 25.7 Å². The highest BCUT2D eigenvalue weighted by Crippen LogP contribution is 2.35. The van der Waals surface area contributed by atoms with E-state index in [-0.39, 0.29) is 6.42 Å². The largest absolute Gasteiger partial charge is 0.460 e. The maximum Gasteiger partial charge on any atom is 0.308 e. The van der Waals surface area contributed by atoms with Crippen molar-refractivity contribution in [3.8, 4) is 11.1 Å². The summed E-state index contributed by atoms with van der Waals surface area (Å²) >= 11 is 0. The minimum absolute atomic E-state index is 0.0212. The fraction of sp³-hybridized carbons (Fsp3) is 0.545. The summed E-state index contributed by atoms with van der Waals surface area (Å²) in [7, 11) is -1.41. The molecule has 0 amide bonds. The average Bonchev–Trinajstić information content (AvgIpc) is 2.93. The van der Waals surface area contributed by atoms with Crippen LogP contribution >= 0.6 is 0 Å². The van der Waals surface area contributed by atoms with E-state index < -0.39 is 33.3 Å². The second kappa shape index (κ2) is 8.79. The number of aryl methyl sites for hydroxylation is 2. The van der Waals surface area contributed by atoms with Crippen LogP contribution in [0.3, 0.4) is 0 Å². The van der Waals surface area contributed by atoms with Crippen LogP contribution in [0.2, 0.25) is 0 Å². The van der Waals surface area contributed by atoms with Crippen molar-refractivity contribution in [2.75, 3.05) is 0 Å². The second-order valence-corrected chi connectivity index (χ2v) is 11.2. The van der Waals surface area contributed by atoms with Gasteiger partial charge < -0.3 is 9.26 Å². The van der Waals surface area contributed by atoms with E-state index in [0.29, 0.717) is 11.5 Å². The lowest BCUT2D eigenvalue weighted by molar-refractivity contribution is -0.155. The Bertz CT molecular complexity index is 891. The lowest BCUT2D eigenvalue weighted by Gasteiger charge is -2.25. The van der Waals surface area contributed by atoms with Gasteiger partial charge in [-0.25, -0.2) is 8.93 Å². The van der Waals surface area contributed by atoms with Crippen LogP contribution in [0.4, 0.5) is 0 Å². The molecule has 0 bridgehead atoms. The van der Waals surface area contributed by atoms with Crippen LogP contribution < -0.4 is 4.72 Å². The molecule has 2 atom stereocenters. The Kier molecular flexibility index (Phi) is 7.06. The standard InChI is InChI=1S/C22H32N2O4S/c1-14-11-9-10-12-16(14)19-15(2)23-28-20(19)17(24-29(26)22(6,7)8)13-18(25)27-21(3,4)5/h9-12,17,24H,13H2,1-8H3/t17-,29-/m0/s1. The zero-order valence-corrected chi connectivity index (χ0v) is 19.4. The Balaban J connectivity index is 2.48. The summed E-state index contributed by atoms with van der Waals surface area (Å²) in [5.41, 5.74) is 2.95. The second-order valence-electron chi connectivity index (χ2n) is 9.16. The molecule has 1 heterocycles. The van der Waals surface area contributed by atoms with Gasteiger partial charge in [0.1, 0.15) is 5.60 Å². The first-order chi connectivity index (χ1) is 13.3. The fourth-order valence-corrected chi connectivity index (χ4v) is 3.65. The maximum absolute atomic E-state index is 12.8. The first kappa shape index (κ1) is 23.3. The van der Waals surface area contributed by atoms with Gasteiger partial charge in [0.25, 0.3) is 0 Å². The van der Waals surface area contributed by atoms with Crippen molar-refractivity contribution in [3.63, 3.8) is 0 Å². The molecule has 0 saturated carbocycles. The molecule has 2 aromatic rings. The molecule has 0 saturated heterocycles. The normalized spacial score (nSPS) is 14.5. The molecule has 0 unspecified atom stereocenters. The number of ether oxygens (including phenoxy) is 1. The molecule has 29 heavy (non-hydrogen) atoms. The van der Waals surface area contributed by atoms with E-state index in [4.69, 9.17) is 9.26 Å². The number of nitrogens with zero attached hydrogens (tertiary/aromatic N) is 1. The monoisotopic (exact) mass is 420 g/mol. The number of carbonyl (C=O) groups is 1. The Morgan fingerprint density at radius 3 is 2.34 bits per heavy atom. The molecular weight excluding hydrogens is 388 g/mol. The molecule has 0 fully saturated rings. The van der Waals surface area contributed by atoms with E-state index in [0.717, 1.165) is 16.7 Å². The lowest BCUT2D eigenvalue weighted by Crippen LogP contribution is -2.37. The van der Waals surface area contributed by atoms with Crippen LogP contribution in [0.15, 0.2) is 28.8 Å². The predicted octanol–water partition coefficient (Wildman–Crippen LogP) is 4.78. The van der Waals surface area contributed by atoms with E-state index in [1.165, 1.54) is 0 Å². The molecular formula is C22H32N2O4S. The Morgan fingerprint density at radius 2 is 1.79 bits per heavy atom. The Hall–Kier alpha value is -1.99. The molecule has 7 heteroatoms. The number of carbonyl (C=O) groups excluding carboxylic acids is 1. The summed E-state index contributed by atoms with van der Waals surface area (Å²) in [5.74, 6) is 0.0888. The predicted molar refractivity (Wildman–Crippen MR) is 116 cm³/mol. The molecule has 6 nitrogen and oxygen atoms in total. The minimum Gasteiger partial charge on any atom is -0.460 e. The van der Waals surface area contributed by atoms with Gasteiger partial charge in [0, 0.05) is 5.56 Å². The number of benzene rings is 1. The zero-order valence-electron chi connectivity index (χ0n) is 18.6. The highest BCUT2D eigenvalue weighted by Gasteiger charge is 2.32. The number of hydrogen-bond donors (Lipinski definition) is 1. The van der Waals surface area contributed by atoms with Crippen molar-refractivity contribution in [1.82, 2.24) is 9.88 Å². The number of rotatable bonds is 6. The Morgan fingerprint density at radius 1 is 1.17 bits per heavy atom. The molecule has 0 aliphatic heterocycles. The maximum atomic E-state index is 12.8. The van der Waals surface area contributed by atoms with Crippen molar-refractivity contribution in [2.45, 2.75) is 78.2 Å². The summed E-state index contributed by atoms with van der Waals surface area (Å²) in [6.45, 7) is 14.9. The van der Waals surface area contributed by atoms with Gasteiger partial charge in [-0.1, -0.05) is 29.4 Å². The van der Waals surface area contributed by atoms with Gasteiger partial charge in [-0.05, 0) is 66.5 Å². The molecule has 1 N–H and O–H groups in total. The third-order valence-corrected chi connectivity index (χ3v) is 5.83. The number of hydrogen-bond acceptors (Lipinski definition) is 5. The Labute approximate surface area is 176 Å². The third-order valence-electron chi connectivity index (χ3n) is 4.22. The van der Waals surface area contributed by atoms with Crippen LogP contribution in [0.25, 0.3) is 11.1 Å². The third kappa shape index (κ3) is 6.24. The van der Waals surface area contributed by atoms with Gasteiger partial charge in [-0.2, -0.15) is 0 Å². The van der Waals surface area contributed by atoms with Gasteiger partial charge in [0.15, 0.2) is 5.76 Å². The van der Waals surface area contributed by atoms with E-state index >= 15 is 0 Å². The van der Waals surface area contributed by atoms with Crippen LogP contribution in [0.5, 0.6) is 0 Å². The van der Waals surface area contributed by atoms with Crippen LogP contribution in [0.1, 0.15) is 71.0 Å². The van der Waals surface area contributed by atoms with E-state index in [9.17, 15) is 9.00 Å². The molecule has 2 rings (SSSR count). The lowest BCUT2D eigenvalue weighted by atomic mass is 9.96. The van der Waals surface area contributed by atoms with E-state index in [1.807, 2.05) is 79.7 Å². The molecule has 1 aromatic carbocycles. The fourth-order valence-electron chi connectivity index (χ4n) is 2.85. The minimum atomic E-state index is -1.41. The van der Waals surface area contributed by atoms with Crippen LogP contribution in [0, 0.1) is 13.8 Å². The molecule has 0 spiro atoms. The number of esters is 1. The summed E-state index contributed by atoms with van der Waals surface area (Å²) in [6.07, 6.45) is -0.0212. The average molecular weight is 421 g/mol. The van der Waals surface area contributed by atoms with Crippen molar-refractivity contribution in [2.24, 2.45) is 0 Å². The SMILES string of the molecule is Cc1ccccc1-c1c(C)noc1[C@H](CC(=O)OC(C)(C)C)N[S@@](=O)C(C)(C)C. The molecule has 1 aromatic heterocycles. The zero-order chi connectivity index (χ0) is 22.0. The highest BCUT2D eigenvalue weighted by atomic mass is 32.2. The van der Waals surface area contributed by atoms with Crippen molar-refractivity contribution in [1.29, 1.82) is 0 Å². The van der Waals surface area contributed by atoms with E-state index in [2.05, 4.69) is 9.88 Å². The first-order valence-corrected chi connectivity index (χ1v) is 10.9. The van der Waals surface area contributed by atoms with Crippen molar-refractivity contribution >= 4 is 17.0 Å². The molecule has 0 aliphatic carbocycles. The van der Waals surface area contributed by atoms with E-state index in [1.54, 1.807) is 0 Å².